The van der Waals surface area contributed by atoms with Crippen molar-refractivity contribution in [3.8, 4) is 0 Å². The molecule has 1 aliphatic rings. The Morgan fingerprint density at radius 3 is 2.62 bits per heavy atom. The second-order valence-electron chi connectivity index (χ2n) is 5.47. The predicted octanol–water partition coefficient (Wildman–Crippen LogP) is 4.34. The normalized spacial score (nSPS) is 17.2. The molecule has 1 saturated heterocycles. The van der Waals surface area contributed by atoms with Gasteiger partial charge in [0, 0.05) is 21.9 Å². The number of nitrogens with zero attached hydrogens (tertiary/aromatic N) is 1. The van der Waals surface area contributed by atoms with Crippen LogP contribution in [-0.2, 0) is 9.59 Å². The maximum atomic E-state index is 13.1. The van der Waals surface area contributed by atoms with E-state index in [1.807, 2.05) is 24.3 Å². The molecule has 0 saturated carbocycles. The average Bonchev–Trinajstić information content (AvgIpc) is 2.92. The lowest BCUT2D eigenvalue weighted by Gasteiger charge is -2.18. The molecule has 2 aromatic carbocycles. The summed E-state index contributed by atoms with van der Waals surface area (Å²) in [5, 5.41) is 2.74. The maximum Gasteiger partial charge on any atom is 0.229 e. The van der Waals surface area contributed by atoms with Gasteiger partial charge >= 0.3 is 0 Å². The molecule has 124 valence electrons. The standard InChI is InChI=1S/C17H13Br2FN2O2/c18-12-3-1-2-4-15(12)22-9-10(7-16(22)23)17(24)21-14-6-5-11(20)8-13(14)19/h1-6,8,10H,7,9H2,(H,21,24). The van der Waals surface area contributed by atoms with Crippen molar-refractivity contribution >= 4 is 55.0 Å². The Kier molecular flexibility index (Phi) is 5.01. The average molecular weight is 456 g/mol. The van der Waals surface area contributed by atoms with Crippen LogP contribution in [0.1, 0.15) is 6.42 Å². The van der Waals surface area contributed by atoms with Gasteiger partial charge < -0.3 is 10.2 Å². The zero-order valence-corrected chi connectivity index (χ0v) is 15.6. The highest BCUT2D eigenvalue weighted by molar-refractivity contribution is 9.11. The summed E-state index contributed by atoms with van der Waals surface area (Å²) in [6.07, 6.45) is 0.145. The molecular formula is C17H13Br2FN2O2. The summed E-state index contributed by atoms with van der Waals surface area (Å²) in [7, 11) is 0. The van der Waals surface area contributed by atoms with E-state index in [1.165, 1.54) is 18.2 Å². The quantitative estimate of drug-likeness (QED) is 0.748. The van der Waals surface area contributed by atoms with E-state index < -0.39 is 11.7 Å². The van der Waals surface area contributed by atoms with E-state index in [0.717, 1.165) is 10.2 Å². The van der Waals surface area contributed by atoms with Crippen molar-refractivity contribution in [3.63, 3.8) is 0 Å². The molecule has 1 atom stereocenters. The largest absolute Gasteiger partial charge is 0.325 e. The fourth-order valence-corrected chi connectivity index (χ4v) is 3.56. The fourth-order valence-electron chi connectivity index (χ4n) is 2.61. The van der Waals surface area contributed by atoms with Crippen molar-refractivity contribution in [2.45, 2.75) is 6.42 Å². The number of para-hydroxylation sites is 1. The Labute approximate surface area is 155 Å². The summed E-state index contributed by atoms with van der Waals surface area (Å²) in [4.78, 5) is 26.3. The van der Waals surface area contributed by atoms with Crippen LogP contribution in [0.4, 0.5) is 15.8 Å². The summed E-state index contributed by atoms with van der Waals surface area (Å²) >= 11 is 6.64. The molecule has 2 aromatic rings. The van der Waals surface area contributed by atoms with Gasteiger partial charge in [-0.1, -0.05) is 12.1 Å². The third-order valence-electron chi connectivity index (χ3n) is 3.83. The van der Waals surface area contributed by atoms with E-state index in [9.17, 15) is 14.0 Å². The predicted molar refractivity (Wildman–Crippen MR) is 97.3 cm³/mol. The van der Waals surface area contributed by atoms with Crippen LogP contribution in [0.3, 0.4) is 0 Å². The molecule has 0 radical (unpaired) electrons. The van der Waals surface area contributed by atoms with Crippen LogP contribution in [-0.4, -0.2) is 18.4 Å². The highest BCUT2D eigenvalue weighted by Gasteiger charge is 2.35. The molecule has 24 heavy (non-hydrogen) atoms. The number of benzene rings is 2. The van der Waals surface area contributed by atoms with Crippen LogP contribution in [0.25, 0.3) is 0 Å². The fraction of sp³-hybridized carbons (Fsp3) is 0.176. The minimum Gasteiger partial charge on any atom is -0.325 e. The van der Waals surface area contributed by atoms with Crippen molar-refractivity contribution in [1.82, 2.24) is 0 Å². The first-order valence-electron chi connectivity index (χ1n) is 7.26. The van der Waals surface area contributed by atoms with E-state index in [-0.39, 0.29) is 18.2 Å². The summed E-state index contributed by atoms with van der Waals surface area (Å²) < 4.78 is 14.4. The van der Waals surface area contributed by atoms with E-state index in [0.29, 0.717) is 16.7 Å². The molecule has 1 unspecified atom stereocenters. The van der Waals surface area contributed by atoms with Crippen molar-refractivity contribution < 1.29 is 14.0 Å². The lowest BCUT2D eigenvalue weighted by Crippen LogP contribution is -2.28. The first-order chi connectivity index (χ1) is 11.5. The smallest absolute Gasteiger partial charge is 0.229 e. The van der Waals surface area contributed by atoms with Gasteiger partial charge in [-0.15, -0.1) is 0 Å². The monoisotopic (exact) mass is 454 g/mol. The lowest BCUT2D eigenvalue weighted by atomic mass is 10.1. The number of carbonyl (C=O) groups is 2. The number of rotatable bonds is 3. The van der Waals surface area contributed by atoms with Crippen molar-refractivity contribution in [2.24, 2.45) is 5.92 Å². The Hall–Kier alpha value is -1.73. The second kappa shape index (κ2) is 7.03. The van der Waals surface area contributed by atoms with Crippen LogP contribution in [0.5, 0.6) is 0 Å². The van der Waals surface area contributed by atoms with Gasteiger partial charge in [0.15, 0.2) is 0 Å². The highest BCUT2D eigenvalue weighted by atomic mass is 79.9. The number of hydrogen-bond donors (Lipinski definition) is 1. The second-order valence-corrected chi connectivity index (χ2v) is 7.18. The van der Waals surface area contributed by atoms with Gasteiger partial charge in [-0.25, -0.2) is 4.39 Å². The van der Waals surface area contributed by atoms with Crippen LogP contribution in [0, 0.1) is 11.7 Å². The van der Waals surface area contributed by atoms with E-state index in [4.69, 9.17) is 0 Å². The first-order valence-corrected chi connectivity index (χ1v) is 8.85. The van der Waals surface area contributed by atoms with Crippen molar-refractivity contribution in [1.29, 1.82) is 0 Å². The van der Waals surface area contributed by atoms with Crippen LogP contribution < -0.4 is 10.2 Å². The third-order valence-corrected chi connectivity index (χ3v) is 5.15. The minimum atomic E-state index is -0.457. The van der Waals surface area contributed by atoms with Gasteiger partial charge in [0.05, 0.1) is 17.3 Å². The van der Waals surface area contributed by atoms with E-state index in [2.05, 4.69) is 37.2 Å². The molecule has 0 spiro atoms. The van der Waals surface area contributed by atoms with Crippen molar-refractivity contribution in [2.75, 3.05) is 16.8 Å². The summed E-state index contributed by atoms with van der Waals surface area (Å²) in [5.74, 6) is -1.21. The number of halogens is 3. The molecule has 2 amide bonds. The molecular weight excluding hydrogens is 443 g/mol. The third kappa shape index (κ3) is 3.52. The molecule has 1 heterocycles. The Morgan fingerprint density at radius 2 is 1.92 bits per heavy atom. The Bertz CT molecular complexity index is 813. The van der Waals surface area contributed by atoms with Gasteiger partial charge in [0.2, 0.25) is 11.8 Å². The topological polar surface area (TPSA) is 49.4 Å². The molecule has 0 aromatic heterocycles. The van der Waals surface area contributed by atoms with Crippen LogP contribution >= 0.6 is 31.9 Å². The highest BCUT2D eigenvalue weighted by Crippen LogP contribution is 2.32. The molecule has 0 bridgehead atoms. The number of amides is 2. The van der Waals surface area contributed by atoms with Crippen LogP contribution in [0.2, 0.25) is 0 Å². The van der Waals surface area contributed by atoms with Crippen LogP contribution in [0.15, 0.2) is 51.4 Å². The first kappa shape index (κ1) is 17.1. The zero-order valence-electron chi connectivity index (χ0n) is 12.4. The summed E-state index contributed by atoms with van der Waals surface area (Å²) in [6, 6.07) is 11.4. The molecule has 7 heteroatoms. The van der Waals surface area contributed by atoms with Gasteiger partial charge in [0.1, 0.15) is 5.82 Å². The molecule has 1 N–H and O–H groups in total. The minimum absolute atomic E-state index is 0.0970. The maximum absolute atomic E-state index is 13.1. The van der Waals surface area contributed by atoms with E-state index in [1.54, 1.807) is 4.90 Å². The number of carbonyl (C=O) groups excluding carboxylic acids is 2. The Morgan fingerprint density at radius 1 is 1.17 bits per heavy atom. The van der Waals surface area contributed by atoms with Crippen molar-refractivity contribution in [3.05, 3.63) is 57.2 Å². The molecule has 0 aliphatic carbocycles. The molecule has 1 fully saturated rings. The lowest BCUT2D eigenvalue weighted by molar-refractivity contribution is -0.122. The van der Waals surface area contributed by atoms with E-state index >= 15 is 0 Å². The number of nitrogens with one attached hydrogen (secondary N) is 1. The molecule has 1 aliphatic heterocycles. The zero-order chi connectivity index (χ0) is 17.3. The molecule has 4 nitrogen and oxygen atoms in total. The SMILES string of the molecule is O=C(Nc1ccc(F)cc1Br)C1CC(=O)N(c2ccccc2Br)C1. The molecule has 3 rings (SSSR count). The summed E-state index contributed by atoms with van der Waals surface area (Å²) in [6.45, 7) is 0.312. The van der Waals surface area contributed by atoms with Gasteiger partial charge in [-0.2, -0.15) is 0 Å². The summed E-state index contributed by atoms with van der Waals surface area (Å²) in [5.41, 5.74) is 1.23. The van der Waals surface area contributed by atoms with Gasteiger partial charge in [-0.3, -0.25) is 9.59 Å². The number of hydrogen-bond acceptors (Lipinski definition) is 2. The van der Waals surface area contributed by atoms with Gasteiger partial charge in [-0.05, 0) is 62.2 Å². The number of anilines is 2. The van der Waals surface area contributed by atoms with Gasteiger partial charge in [0.25, 0.3) is 0 Å². The Balaban J connectivity index is 1.73.